The number of hydrogen-bond acceptors (Lipinski definition) is 2. The summed E-state index contributed by atoms with van der Waals surface area (Å²) in [4.78, 5) is 0. The lowest BCUT2D eigenvalue weighted by atomic mass is 10.0. The van der Waals surface area contributed by atoms with Gasteiger partial charge in [-0.1, -0.05) is 6.07 Å². The van der Waals surface area contributed by atoms with E-state index in [4.69, 9.17) is 4.55 Å². The fraction of sp³-hybridized carbons (Fsp3) is 0.333. The van der Waals surface area contributed by atoms with Gasteiger partial charge in [0.1, 0.15) is 5.82 Å². The molecule has 8 heteroatoms. The van der Waals surface area contributed by atoms with Crippen molar-refractivity contribution in [3.63, 3.8) is 0 Å². The first kappa shape index (κ1) is 14.1. The highest BCUT2D eigenvalue weighted by molar-refractivity contribution is 7.74. The van der Waals surface area contributed by atoms with Crippen LogP contribution in [0.1, 0.15) is 11.1 Å². The summed E-state index contributed by atoms with van der Waals surface area (Å²) in [5.41, 5.74) is -0.297. The quantitative estimate of drug-likeness (QED) is 0.677. The van der Waals surface area contributed by atoms with Crippen molar-refractivity contribution in [3.05, 3.63) is 35.1 Å². The highest BCUT2D eigenvalue weighted by atomic mass is 32.2. The Kier molecular flexibility index (Phi) is 4.61. The van der Waals surface area contributed by atoms with E-state index in [-0.39, 0.29) is 11.1 Å². The second-order valence-electron chi connectivity index (χ2n) is 3.18. The van der Waals surface area contributed by atoms with E-state index in [0.29, 0.717) is 0 Å². The van der Waals surface area contributed by atoms with Crippen LogP contribution in [-0.2, 0) is 28.6 Å². The van der Waals surface area contributed by atoms with E-state index in [1.807, 2.05) is 0 Å². The minimum Gasteiger partial charge on any atom is -0.284 e. The molecular weight excluding hydrogens is 264 g/mol. The SMILES string of the molecule is O=S(O)OCc1ccc(F)cc1CC(F)(F)F. The van der Waals surface area contributed by atoms with Crippen LogP contribution < -0.4 is 0 Å². The molecule has 1 atom stereocenters. The Labute approximate surface area is 96.9 Å². The summed E-state index contributed by atoms with van der Waals surface area (Å²) in [5, 5.41) is 0. The fourth-order valence-electron chi connectivity index (χ4n) is 1.23. The molecule has 0 amide bonds. The standard InChI is InChI=1S/C9H8F4O3S/c10-8-2-1-6(5-16-17(14)15)7(3-8)4-9(11,12)13/h1-3H,4-5H2,(H,14,15). The minimum absolute atomic E-state index is 0.0196. The molecule has 96 valence electrons. The Morgan fingerprint density at radius 3 is 2.47 bits per heavy atom. The van der Waals surface area contributed by atoms with Crippen molar-refractivity contribution < 1.29 is 30.5 Å². The topological polar surface area (TPSA) is 46.5 Å². The van der Waals surface area contributed by atoms with E-state index in [9.17, 15) is 21.8 Å². The summed E-state index contributed by atoms with van der Waals surface area (Å²) in [5.74, 6) is -0.807. The number of halogens is 4. The van der Waals surface area contributed by atoms with E-state index < -0.39 is 36.4 Å². The lowest BCUT2D eigenvalue weighted by molar-refractivity contribution is -0.127. The second-order valence-corrected chi connectivity index (χ2v) is 3.85. The molecule has 1 N–H and O–H groups in total. The zero-order valence-corrected chi connectivity index (χ0v) is 9.15. The van der Waals surface area contributed by atoms with Crippen molar-refractivity contribution in [1.82, 2.24) is 0 Å². The lowest BCUT2D eigenvalue weighted by Gasteiger charge is -2.11. The van der Waals surface area contributed by atoms with Gasteiger partial charge in [0.25, 0.3) is 0 Å². The van der Waals surface area contributed by atoms with E-state index in [1.165, 1.54) is 0 Å². The molecule has 0 saturated carbocycles. The van der Waals surface area contributed by atoms with E-state index in [0.717, 1.165) is 18.2 Å². The average molecular weight is 272 g/mol. The van der Waals surface area contributed by atoms with E-state index in [1.54, 1.807) is 0 Å². The van der Waals surface area contributed by atoms with Crippen LogP contribution in [0.5, 0.6) is 0 Å². The van der Waals surface area contributed by atoms with Gasteiger partial charge in [0, 0.05) is 0 Å². The smallest absolute Gasteiger partial charge is 0.284 e. The highest BCUT2D eigenvalue weighted by Crippen LogP contribution is 2.24. The van der Waals surface area contributed by atoms with Gasteiger partial charge in [0.15, 0.2) is 0 Å². The number of hydrogen-bond donors (Lipinski definition) is 1. The molecule has 0 aliphatic rings. The van der Waals surface area contributed by atoms with Crippen LogP contribution in [0.3, 0.4) is 0 Å². The third kappa shape index (κ3) is 5.24. The van der Waals surface area contributed by atoms with Crippen LogP contribution in [0, 0.1) is 5.82 Å². The van der Waals surface area contributed by atoms with Gasteiger partial charge in [-0.25, -0.2) is 4.39 Å². The molecule has 0 saturated heterocycles. The normalized spacial score (nSPS) is 13.7. The van der Waals surface area contributed by atoms with Crippen LogP contribution in [0.25, 0.3) is 0 Å². The first-order chi connectivity index (χ1) is 7.78. The molecule has 0 radical (unpaired) electrons. The van der Waals surface area contributed by atoms with Crippen LogP contribution in [0.4, 0.5) is 17.6 Å². The second kappa shape index (κ2) is 5.56. The van der Waals surface area contributed by atoms with Gasteiger partial charge in [-0.3, -0.25) is 8.74 Å². The van der Waals surface area contributed by atoms with E-state index >= 15 is 0 Å². The minimum atomic E-state index is -4.49. The van der Waals surface area contributed by atoms with Crippen molar-refractivity contribution in [2.24, 2.45) is 0 Å². The highest BCUT2D eigenvalue weighted by Gasteiger charge is 2.29. The van der Waals surface area contributed by atoms with Gasteiger partial charge in [0.2, 0.25) is 0 Å². The van der Waals surface area contributed by atoms with Crippen molar-refractivity contribution in [2.75, 3.05) is 0 Å². The van der Waals surface area contributed by atoms with Gasteiger partial charge in [-0.05, 0) is 23.3 Å². The Balaban J connectivity index is 2.91. The van der Waals surface area contributed by atoms with Crippen molar-refractivity contribution in [3.8, 4) is 0 Å². The number of benzene rings is 1. The Morgan fingerprint density at radius 1 is 1.29 bits per heavy atom. The molecule has 1 aromatic rings. The molecular formula is C9H8F4O3S. The third-order valence-electron chi connectivity index (χ3n) is 1.87. The summed E-state index contributed by atoms with van der Waals surface area (Å²) >= 11 is -2.58. The number of rotatable bonds is 4. The summed E-state index contributed by atoms with van der Waals surface area (Å²) in [6.45, 7) is -0.491. The maximum Gasteiger partial charge on any atom is 0.393 e. The third-order valence-corrected chi connectivity index (χ3v) is 2.19. The van der Waals surface area contributed by atoms with Crippen molar-refractivity contribution in [1.29, 1.82) is 0 Å². The van der Waals surface area contributed by atoms with Crippen LogP contribution in [-0.4, -0.2) is 14.9 Å². The van der Waals surface area contributed by atoms with Gasteiger partial charge >= 0.3 is 17.5 Å². The fourth-order valence-corrected chi connectivity index (χ4v) is 1.46. The predicted octanol–water partition coefficient (Wildman–Crippen LogP) is 2.58. The molecule has 0 fully saturated rings. The van der Waals surface area contributed by atoms with Crippen LogP contribution >= 0.6 is 0 Å². The lowest BCUT2D eigenvalue weighted by Crippen LogP contribution is -2.14. The summed E-state index contributed by atoms with van der Waals surface area (Å²) < 4.78 is 72.2. The van der Waals surface area contributed by atoms with E-state index in [2.05, 4.69) is 4.18 Å². The first-order valence-electron chi connectivity index (χ1n) is 4.36. The number of alkyl halides is 3. The van der Waals surface area contributed by atoms with Crippen LogP contribution in [0.2, 0.25) is 0 Å². The van der Waals surface area contributed by atoms with Crippen molar-refractivity contribution in [2.45, 2.75) is 19.2 Å². The first-order valence-corrected chi connectivity index (χ1v) is 5.39. The molecule has 17 heavy (non-hydrogen) atoms. The average Bonchev–Trinajstić information content (AvgIpc) is 2.13. The van der Waals surface area contributed by atoms with Crippen LogP contribution in [0.15, 0.2) is 18.2 Å². The molecule has 0 bridgehead atoms. The maximum absolute atomic E-state index is 12.8. The Bertz CT molecular complexity index is 419. The predicted molar refractivity (Wildman–Crippen MR) is 51.7 cm³/mol. The Morgan fingerprint density at radius 2 is 1.94 bits per heavy atom. The van der Waals surface area contributed by atoms with Gasteiger partial charge in [-0.15, -0.1) is 0 Å². The molecule has 1 unspecified atom stereocenters. The monoisotopic (exact) mass is 272 g/mol. The summed E-state index contributed by atoms with van der Waals surface area (Å²) in [7, 11) is 0. The van der Waals surface area contributed by atoms with Crippen molar-refractivity contribution >= 4 is 11.4 Å². The van der Waals surface area contributed by atoms with Gasteiger partial charge in [0.05, 0.1) is 13.0 Å². The molecule has 0 spiro atoms. The molecule has 0 aliphatic heterocycles. The largest absolute Gasteiger partial charge is 0.393 e. The Hall–Kier alpha value is -0.990. The van der Waals surface area contributed by atoms with Gasteiger partial charge in [-0.2, -0.15) is 17.4 Å². The molecule has 0 heterocycles. The zero-order valence-electron chi connectivity index (χ0n) is 8.33. The molecule has 0 aromatic heterocycles. The summed E-state index contributed by atoms with van der Waals surface area (Å²) in [6.07, 6.45) is -5.80. The molecule has 1 rings (SSSR count). The summed E-state index contributed by atoms with van der Waals surface area (Å²) in [6, 6.07) is 2.77. The molecule has 1 aromatic carbocycles. The maximum atomic E-state index is 12.8. The molecule has 0 aliphatic carbocycles. The molecule has 3 nitrogen and oxygen atoms in total. The zero-order chi connectivity index (χ0) is 13.1. The van der Waals surface area contributed by atoms with Gasteiger partial charge < -0.3 is 0 Å².